The lowest BCUT2D eigenvalue weighted by Crippen LogP contribution is -2.51. The number of nitrogens with one attached hydrogen (secondary N) is 1. The second-order valence-corrected chi connectivity index (χ2v) is 10.0. The third-order valence-electron chi connectivity index (χ3n) is 4.66. The molecule has 1 aliphatic heterocycles. The number of primary amides is 1. The average molecular weight is 457 g/mol. The second-order valence-electron chi connectivity index (χ2n) is 6.50. The van der Waals surface area contributed by atoms with Crippen molar-refractivity contribution < 1.29 is 18.0 Å². The maximum absolute atomic E-state index is 12.8. The van der Waals surface area contributed by atoms with Crippen LogP contribution < -0.4 is 11.1 Å². The molecule has 1 aromatic carbocycles. The Bertz CT molecular complexity index is 974. The van der Waals surface area contributed by atoms with Crippen molar-refractivity contribution in [3.63, 3.8) is 0 Å². The van der Waals surface area contributed by atoms with E-state index >= 15 is 0 Å². The predicted octanol–water partition coefficient (Wildman–Crippen LogP) is 2.03. The molecule has 0 saturated carbocycles. The summed E-state index contributed by atoms with van der Waals surface area (Å²) in [4.78, 5) is 25.8. The minimum absolute atomic E-state index is 0.0235. The fraction of sp³-hybridized carbons (Fsp3) is 0.333. The molecular formula is C18H21ClN4O4S2. The van der Waals surface area contributed by atoms with E-state index in [1.807, 2.05) is 0 Å². The number of thiophene rings is 1. The Hall–Kier alpha value is -2.14. The van der Waals surface area contributed by atoms with Gasteiger partial charge in [-0.2, -0.15) is 4.31 Å². The SMILES string of the molecule is NC(=O)N[C@@H](CC(=O)N1CCN(S(=O)(=O)c2cccs2)CC1)c1ccccc1Cl. The van der Waals surface area contributed by atoms with Gasteiger partial charge in [-0.05, 0) is 23.1 Å². The van der Waals surface area contributed by atoms with Gasteiger partial charge in [-0.3, -0.25) is 4.79 Å². The lowest BCUT2D eigenvalue weighted by molar-refractivity contribution is -0.132. The van der Waals surface area contributed by atoms with Gasteiger partial charge in [-0.15, -0.1) is 11.3 Å². The predicted molar refractivity (Wildman–Crippen MR) is 111 cm³/mol. The maximum atomic E-state index is 12.8. The van der Waals surface area contributed by atoms with E-state index in [1.54, 1.807) is 46.7 Å². The van der Waals surface area contributed by atoms with Crippen LogP contribution in [0.1, 0.15) is 18.0 Å². The number of urea groups is 1. The maximum Gasteiger partial charge on any atom is 0.312 e. The highest BCUT2D eigenvalue weighted by atomic mass is 35.5. The first kappa shape index (κ1) is 21.6. The molecule has 1 aliphatic rings. The second kappa shape index (κ2) is 9.12. The number of carbonyl (C=O) groups excluding carboxylic acids is 2. The van der Waals surface area contributed by atoms with Crippen LogP contribution in [0.4, 0.5) is 4.79 Å². The number of amides is 3. The molecular weight excluding hydrogens is 436 g/mol. The van der Waals surface area contributed by atoms with E-state index in [0.717, 1.165) is 0 Å². The van der Waals surface area contributed by atoms with Crippen LogP contribution in [0.5, 0.6) is 0 Å². The Labute approximate surface area is 178 Å². The molecule has 2 aromatic rings. The van der Waals surface area contributed by atoms with E-state index in [0.29, 0.717) is 14.8 Å². The Morgan fingerprint density at radius 3 is 2.41 bits per heavy atom. The molecule has 2 heterocycles. The highest BCUT2D eigenvalue weighted by Crippen LogP contribution is 2.26. The van der Waals surface area contributed by atoms with E-state index in [4.69, 9.17) is 17.3 Å². The molecule has 3 amide bonds. The molecule has 1 saturated heterocycles. The number of hydrogen-bond acceptors (Lipinski definition) is 5. The van der Waals surface area contributed by atoms with Crippen LogP contribution in [-0.4, -0.2) is 55.7 Å². The fourth-order valence-corrected chi connectivity index (χ4v) is 6.02. The van der Waals surface area contributed by atoms with E-state index < -0.39 is 22.1 Å². The zero-order valence-corrected chi connectivity index (χ0v) is 17.8. The molecule has 1 aromatic heterocycles. The average Bonchev–Trinajstić information content (AvgIpc) is 3.23. The molecule has 156 valence electrons. The standard InChI is InChI=1S/C18H21ClN4O4S2/c19-14-5-2-1-4-13(14)15(21-18(20)25)12-16(24)22-7-9-23(10-8-22)29(26,27)17-6-3-11-28-17/h1-6,11,15H,7-10,12H2,(H3,20,21,25)/t15-/m0/s1. The van der Waals surface area contributed by atoms with Gasteiger partial charge in [-0.1, -0.05) is 35.9 Å². The van der Waals surface area contributed by atoms with Crippen molar-refractivity contribution in [1.29, 1.82) is 0 Å². The molecule has 8 nitrogen and oxygen atoms in total. The van der Waals surface area contributed by atoms with Crippen LogP contribution in [0.3, 0.4) is 0 Å². The molecule has 3 rings (SSSR count). The lowest BCUT2D eigenvalue weighted by Gasteiger charge is -2.34. The molecule has 0 bridgehead atoms. The molecule has 29 heavy (non-hydrogen) atoms. The molecule has 0 aliphatic carbocycles. The number of nitrogens with zero attached hydrogens (tertiary/aromatic N) is 2. The number of benzene rings is 1. The van der Waals surface area contributed by atoms with E-state index in [2.05, 4.69) is 5.32 Å². The van der Waals surface area contributed by atoms with Gasteiger partial charge in [0.05, 0.1) is 12.5 Å². The van der Waals surface area contributed by atoms with Gasteiger partial charge < -0.3 is 16.0 Å². The van der Waals surface area contributed by atoms with E-state index in [1.165, 1.54) is 15.6 Å². The number of piperazine rings is 1. The minimum atomic E-state index is -3.53. The number of nitrogens with two attached hydrogens (primary N) is 1. The zero-order chi connectivity index (χ0) is 21.0. The molecule has 11 heteroatoms. The Kier molecular flexibility index (Phi) is 6.78. The summed E-state index contributed by atoms with van der Waals surface area (Å²) in [5.74, 6) is -0.211. The van der Waals surface area contributed by atoms with Crippen LogP contribution in [0.2, 0.25) is 5.02 Å². The molecule has 1 fully saturated rings. The lowest BCUT2D eigenvalue weighted by atomic mass is 10.0. The van der Waals surface area contributed by atoms with Crippen molar-refractivity contribution in [3.8, 4) is 0 Å². The molecule has 1 atom stereocenters. The van der Waals surface area contributed by atoms with Crippen LogP contribution >= 0.6 is 22.9 Å². The number of carbonyl (C=O) groups is 2. The summed E-state index contributed by atoms with van der Waals surface area (Å²) >= 11 is 7.37. The fourth-order valence-electron chi connectivity index (χ4n) is 3.19. The summed E-state index contributed by atoms with van der Waals surface area (Å²) < 4.78 is 26.9. The Balaban J connectivity index is 1.65. The van der Waals surface area contributed by atoms with Gasteiger partial charge in [0, 0.05) is 31.2 Å². The monoisotopic (exact) mass is 456 g/mol. The van der Waals surface area contributed by atoms with Crippen LogP contribution in [0, 0.1) is 0 Å². The molecule has 0 radical (unpaired) electrons. The topological polar surface area (TPSA) is 113 Å². The van der Waals surface area contributed by atoms with E-state index in [9.17, 15) is 18.0 Å². The number of rotatable bonds is 6. The summed E-state index contributed by atoms with van der Waals surface area (Å²) in [6, 6.07) is 8.75. The summed E-state index contributed by atoms with van der Waals surface area (Å²) in [5, 5.41) is 4.70. The van der Waals surface area contributed by atoms with Crippen molar-refractivity contribution in [2.45, 2.75) is 16.7 Å². The third kappa shape index (κ3) is 5.08. The van der Waals surface area contributed by atoms with Gasteiger partial charge in [-0.25, -0.2) is 13.2 Å². The quantitative estimate of drug-likeness (QED) is 0.692. The van der Waals surface area contributed by atoms with Gasteiger partial charge in [0.15, 0.2) is 0 Å². The Morgan fingerprint density at radius 2 is 1.83 bits per heavy atom. The van der Waals surface area contributed by atoms with Gasteiger partial charge >= 0.3 is 6.03 Å². The van der Waals surface area contributed by atoms with Crippen LogP contribution in [0.15, 0.2) is 46.0 Å². The number of sulfonamides is 1. The van der Waals surface area contributed by atoms with Gasteiger partial charge in [0.1, 0.15) is 4.21 Å². The van der Waals surface area contributed by atoms with Crippen LogP contribution in [-0.2, 0) is 14.8 Å². The normalized spacial score (nSPS) is 16.4. The van der Waals surface area contributed by atoms with Crippen molar-refractivity contribution >= 4 is 44.9 Å². The smallest absolute Gasteiger partial charge is 0.312 e. The zero-order valence-electron chi connectivity index (χ0n) is 15.5. The van der Waals surface area contributed by atoms with Gasteiger partial charge in [0.25, 0.3) is 10.0 Å². The summed E-state index contributed by atoms with van der Waals surface area (Å²) in [5.41, 5.74) is 5.85. The first-order valence-electron chi connectivity index (χ1n) is 8.91. The first-order valence-corrected chi connectivity index (χ1v) is 11.6. The number of halogens is 1. The van der Waals surface area contributed by atoms with Crippen molar-refractivity contribution in [3.05, 3.63) is 52.4 Å². The summed E-state index contributed by atoms with van der Waals surface area (Å²) in [6.45, 7) is 0.975. The third-order valence-corrected chi connectivity index (χ3v) is 8.27. The van der Waals surface area contributed by atoms with Crippen LogP contribution in [0.25, 0.3) is 0 Å². The van der Waals surface area contributed by atoms with Crippen molar-refractivity contribution in [2.75, 3.05) is 26.2 Å². The first-order chi connectivity index (χ1) is 13.8. The van der Waals surface area contributed by atoms with Crippen molar-refractivity contribution in [1.82, 2.24) is 14.5 Å². The largest absolute Gasteiger partial charge is 0.352 e. The van der Waals surface area contributed by atoms with Crippen molar-refractivity contribution in [2.24, 2.45) is 5.73 Å². The minimum Gasteiger partial charge on any atom is -0.352 e. The molecule has 3 N–H and O–H groups in total. The number of hydrogen-bond donors (Lipinski definition) is 2. The molecule has 0 spiro atoms. The summed E-state index contributed by atoms with van der Waals surface area (Å²) in [6.07, 6.45) is -0.0235. The van der Waals surface area contributed by atoms with E-state index in [-0.39, 0.29) is 38.5 Å². The Morgan fingerprint density at radius 1 is 1.14 bits per heavy atom. The highest BCUT2D eigenvalue weighted by Gasteiger charge is 2.31. The summed E-state index contributed by atoms with van der Waals surface area (Å²) in [7, 11) is -3.53. The molecule has 0 unspecified atom stereocenters. The highest BCUT2D eigenvalue weighted by molar-refractivity contribution is 7.91. The van der Waals surface area contributed by atoms with Gasteiger partial charge in [0.2, 0.25) is 5.91 Å².